The van der Waals surface area contributed by atoms with Crippen molar-refractivity contribution in [3.8, 4) is 0 Å². The van der Waals surface area contributed by atoms with Gasteiger partial charge in [0.2, 0.25) is 23.6 Å². The molecule has 0 saturated heterocycles. The van der Waals surface area contributed by atoms with Gasteiger partial charge in [0.05, 0.1) is 12.5 Å². The summed E-state index contributed by atoms with van der Waals surface area (Å²) in [5.41, 5.74) is 5.18. The molecule has 0 aliphatic carbocycles. The zero-order valence-electron chi connectivity index (χ0n) is 19.5. The number of amides is 4. The van der Waals surface area contributed by atoms with Crippen LogP contribution >= 0.6 is 0 Å². The molecule has 0 saturated carbocycles. The molecule has 15 nitrogen and oxygen atoms in total. The zero-order chi connectivity index (χ0) is 27.1. The van der Waals surface area contributed by atoms with Crippen LogP contribution in [0.4, 0.5) is 0 Å². The predicted molar refractivity (Wildman–Crippen MR) is 117 cm³/mol. The van der Waals surface area contributed by atoms with Crippen molar-refractivity contribution in [3.63, 3.8) is 0 Å². The Balaban J connectivity index is 4.83. The molecule has 15 heteroatoms. The third-order valence-corrected chi connectivity index (χ3v) is 4.82. The summed E-state index contributed by atoms with van der Waals surface area (Å²) in [7, 11) is 0. The molecule has 2 unspecified atom stereocenters. The van der Waals surface area contributed by atoms with Gasteiger partial charge >= 0.3 is 5.97 Å². The third kappa shape index (κ3) is 12.8. The van der Waals surface area contributed by atoms with Gasteiger partial charge < -0.3 is 51.6 Å². The highest BCUT2D eigenvalue weighted by Crippen LogP contribution is 2.12. The molecular weight excluding hydrogens is 472 g/mol. The molecule has 0 aromatic rings. The number of nitrogens with one attached hydrogen (secondary N) is 3. The van der Waals surface area contributed by atoms with Crippen LogP contribution in [0.5, 0.6) is 0 Å². The van der Waals surface area contributed by atoms with Crippen LogP contribution in [-0.2, 0) is 33.5 Å². The second kappa shape index (κ2) is 16.5. The minimum Gasteiger partial charge on any atom is -0.481 e. The maximum Gasteiger partial charge on any atom is 0.303 e. The first-order chi connectivity index (χ1) is 16.3. The highest BCUT2D eigenvalue weighted by atomic mass is 16.5. The van der Waals surface area contributed by atoms with Crippen molar-refractivity contribution in [1.82, 2.24) is 16.0 Å². The fourth-order valence-electron chi connectivity index (χ4n) is 2.84. The molecule has 0 aliphatic heterocycles. The maximum absolute atomic E-state index is 12.3. The van der Waals surface area contributed by atoms with Gasteiger partial charge in [0.15, 0.2) is 0 Å². The average Bonchev–Trinajstić information content (AvgIpc) is 2.79. The number of aldehydes is 1. The van der Waals surface area contributed by atoms with Crippen LogP contribution in [0.2, 0.25) is 0 Å². The maximum atomic E-state index is 12.3. The van der Waals surface area contributed by atoms with Crippen molar-refractivity contribution >= 4 is 35.9 Å². The normalized spacial score (nSPS) is 16.0. The molecule has 0 aromatic carbocycles. The molecule has 0 fully saturated rings. The Bertz CT molecular complexity index is 749. The highest BCUT2D eigenvalue weighted by Gasteiger charge is 2.36. The number of carboxylic acids is 1. The molecule has 0 aromatic heterocycles. The van der Waals surface area contributed by atoms with E-state index in [2.05, 4.69) is 16.0 Å². The monoisotopic (exact) mass is 506 g/mol. The number of aliphatic hydroxyl groups excluding tert-OH is 3. The van der Waals surface area contributed by atoms with Crippen molar-refractivity contribution in [1.29, 1.82) is 0 Å². The van der Waals surface area contributed by atoms with E-state index in [4.69, 9.17) is 20.7 Å². The number of hydrogen-bond acceptors (Lipinski definition) is 10. The number of nitrogens with two attached hydrogens (primary N) is 1. The molecule has 0 spiro atoms. The Morgan fingerprint density at radius 3 is 2.20 bits per heavy atom. The van der Waals surface area contributed by atoms with Crippen LogP contribution in [0.25, 0.3) is 0 Å². The average molecular weight is 507 g/mol. The number of rotatable bonds is 18. The lowest BCUT2D eigenvalue weighted by atomic mass is 10.0. The molecule has 0 bridgehead atoms. The molecule has 4 amide bonds. The first kappa shape index (κ1) is 31.9. The number of primary amides is 1. The lowest BCUT2D eigenvalue weighted by Crippen LogP contribution is -2.56. The van der Waals surface area contributed by atoms with Crippen LogP contribution in [0.15, 0.2) is 0 Å². The summed E-state index contributed by atoms with van der Waals surface area (Å²) >= 11 is 0. The van der Waals surface area contributed by atoms with E-state index in [-0.39, 0.29) is 38.6 Å². The first-order valence-corrected chi connectivity index (χ1v) is 10.7. The van der Waals surface area contributed by atoms with Gasteiger partial charge in [0, 0.05) is 32.9 Å². The van der Waals surface area contributed by atoms with Crippen LogP contribution < -0.4 is 21.7 Å². The van der Waals surface area contributed by atoms with Gasteiger partial charge in [0.25, 0.3) is 0 Å². The predicted octanol–water partition coefficient (Wildman–Crippen LogP) is -4.23. The summed E-state index contributed by atoms with van der Waals surface area (Å²) in [5, 5.41) is 44.6. The number of aliphatic hydroxyl groups is 3. The Labute approximate surface area is 201 Å². The van der Waals surface area contributed by atoms with Crippen LogP contribution in [0, 0.1) is 5.92 Å². The van der Waals surface area contributed by atoms with Crippen molar-refractivity contribution < 1.29 is 53.9 Å². The van der Waals surface area contributed by atoms with Gasteiger partial charge in [-0.1, -0.05) is 0 Å². The van der Waals surface area contributed by atoms with E-state index in [1.807, 2.05) is 0 Å². The van der Waals surface area contributed by atoms with E-state index >= 15 is 0 Å². The summed E-state index contributed by atoms with van der Waals surface area (Å²) in [6, 6.07) is -1.44. The van der Waals surface area contributed by atoms with Crippen molar-refractivity contribution in [3.05, 3.63) is 0 Å². The SMILES string of the molecule is CC(=O)N[C@@H](C=O)[C@@H](OC(C)C(=O)NCCC(=O)NCC(CCC(=O)O)C(N)=O)[C@H](O)[C@H](O)CO. The Morgan fingerprint density at radius 1 is 1.09 bits per heavy atom. The number of aliphatic carboxylic acids is 1. The summed E-state index contributed by atoms with van der Waals surface area (Å²) in [6.45, 7) is 1.15. The summed E-state index contributed by atoms with van der Waals surface area (Å²) in [6.07, 6.45) is -6.76. The van der Waals surface area contributed by atoms with E-state index in [1.54, 1.807) is 0 Å². The van der Waals surface area contributed by atoms with Gasteiger partial charge in [-0.05, 0) is 13.3 Å². The van der Waals surface area contributed by atoms with Crippen molar-refractivity contribution in [2.75, 3.05) is 19.7 Å². The molecule has 0 radical (unpaired) electrons. The van der Waals surface area contributed by atoms with Gasteiger partial charge in [-0.2, -0.15) is 0 Å². The summed E-state index contributed by atoms with van der Waals surface area (Å²) in [4.78, 5) is 68.9. The van der Waals surface area contributed by atoms with Crippen molar-refractivity contribution in [2.24, 2.45) is 11.7 Å². The number of carbonyl (C=O) groups is 6. The fraction of sp³-hybridized carbons (Fsp3) is 0.700. The van der Waals surface area contributed by atoms with E-state index in [0.717, 1.165) is 6.92 Å². The number of ether oxygens (including phenoxy) is 1. The molecule has 0 rings (SSSR count). The Kier molecular flexibility index (Phi) is 15.0. The molecule has 200 valence electrons. The molecule has 0 aliphatic rings. The van der Waals surface area contributed by atoms with E-state index in [0.29, 0.717) is 0 Å². The van der Waals surface area contributed by atoms with Gasteiger partial charge in [-0.15, -0.1) is 0 Å². The largest absolute Gasteiger partial charge is 0.481 e. The zero-order valence-corrected chi connectivity index (χ0v) is 19.5. The van der Waals surface area contributed by atoms with Gasteiger partial charge in [0.1, 0.15) is 36.7 Å². The van der Waals surface area contributed by atoms with Crippen LogP contribution in [0.3, 0.4) is 0 Å². The smallest absolute Gasteiger partial charge is 0.303 e. The fourth-order valence-corrected chi connectivity index (χ4v) is 2.84. The Hall–Kier alpha value is -3.14. The molecule has 35 heavy (non-hydrogen) atoms. The second-order valence-corrected chi connectivity index (χ2v) is 7.72. The first-order valence-electron chi connectivity index (χ1n) is 10.7. The Morgan fingerprint density at radius 2 is 1.71 bits per heavy atom. The molecule has 6 atom stereocenters. The molecule has 9 N–H and O–H groups in total. The van der Waals surface area contributed by atoms with Crippen LogP contribution in [-0.4, -0.2) is 106 Å². The standard InChI is InChI=1S/C20H34N4O11/c1-10(35-18(17(32)14(28)9-26)13(8-25)24-11(2)27)20(34)22-6-5-15(29)23-7-12(19(21)33)3-4-16(30)31/h8,10,12-14,17-18,26,28,32H,3-7,9H2,1-2H3,(H2,21,33)(H,22,34)(H,23,29)(H,24,27)(H,30,31)/t10?,12?,13-,14+,17+,18+/m0/s1. The lowest BCUT2D eigenvalue weighted by Gasteiger charge is -2.32. The number of carbonyl (C=O) groups excluding carboxylic acids is 5. The molecular formula is C20H34N4O11. The minimum atomic E-state index is -1.83. The minimum absolute atomic E-state index is 0.0468. The van der Waals surface area contributed by atoms with Gasteiger partial charge in [-0.3, -0.25) is 24.0 Å². The number of hydrogen-bond donors (Lipinski definition) is 8. The third-order valence-electron chi connectivity index (χ3n) is 4.82. The molecule has 0 heterocycles. The summed E-state index contributed by atoms with van der Waals surface area (Å²) in [5.74, 6) is -4.69. The lowest BCUT2D eigenvalue weighted by molar-refractivity contribution is -0.157. The van der Waals surface area contributed by atoms with Crippen LogP contribution in [0.1, 0.15) is 33.1 Å². The topological polar surface area (TPSA) is 255 Å². The highest BCUT2D eigenvalue weighted by molar-refractivity contribution is 5.82. The van der Waals surface area contributed by atoms with Crippen molar-refractivity contribution in [2.45, 2.75) is 63.6 Å². The van der Waals surface area contributed by atoms with E-state index < -0.39 is 72.6 Å². The summed E-state index contributed by atoms with van der Waals surface area (Å²) < 4.78 is 5.38. The van der Waals surface area contributed by atoms with E-state index in [1.165, 1.54) is 6.92 Å². The second-order valence-electron chi connectivity index (χ2n) is 7.72. The quantitative estimate of drug-likeness (QED) is 0.0826. The number of carboxylic acid groups (broad SMARTS) is 1. The van der Waals surface area contributed by atoms with Gasteiger partial charge in [-0.25, -0.2) is 0 Å². The van der Waals surface area contributed by atoms with E-state index in [9.17, 15) is 39.0 Å².